The highest BCUT2D eigenvalue weighted by molar-refractivity contribution is 5.76. The van der Waals surface area contributed by atoms with Crippen molar-refractivity contribution in [2.75, 3.05) is 26.6 Å². The van der Waals surface area contributed by atoms with Crippen LogP contribution in [0.2, 0.25) is 0 Å². The number of para-hydroxylation sites is 1. The van der Waals surface area contributed by atoms with E-state index >= 15 is 0 Å². The summed E-state index contributed by atoms with van der Waals surface area (Å²) in [5, 5.41) is 3.31. The monoisotopic (exact) mass is 376 g/mol. The molecule has 0 spiro atoms. The molecule has 0 fully saturated rings. The SMILES string of the molecule is COc1cc(-c2cnc3c(Nc4ccccc4)nccn23)cc(OC)c1OC. The van der Waals surface area contributed by atoms with Crippen LogP contribution in [0.25, 0.3) is 16.9 Å². The number of hydrogen-bond acceptors (Lipinski definition) is 6. The molecule has 0 aliphatic carbocycles. The number of aromatic nitrogens is 3. The van der Waals surface area contributed by atoms with Gasteiger partial charge in [-0.05, 0) is 24.3 Å². The van der Waals surface area contributed by atoms with Crippen molar-refractivity contribution in [1.29, 1.82) is 0 Å². The number of hydrogen-bond donors (Lipinski definition) is 1. The number of methoxy groups -OCH3 is 3. The van der Waals surface area contributed by atoms with Gasteiger partial charge in [-0.25, -0.2) is 9.97 Å². The lowest BCUT2D eigenvalue weighted by atomic mass is 10.1. The second-order valence-corrected chi connectivity index (χ2v) is 6.02. The lowest BCUT2D eigenvalue weighted by Gasteiger charge is -2.14. The molecule has 4 aromatic rings. The van der Waals surface area contributed by atoms with E-state index in [4.69, 9.17) is 14.2 Å². The van der Waals surface area contributed by atoms with Crippen molar-refractivity contribution < 1.29 is 14.2 Å². The third kappa shape index (κ3) is 3.07. The summed E-state index contributed by atoms with van der Waals surface area (Å²) >= 11 is 0. The number of benzene rings is 2. The fourth-order valence-corrected chi connectivity index (χ4v) is 3.11. The van der Waals surface area contributed by atoms with Gasteiger partial charge in [0.1, 0.15) is 0 Å². The van der Waals surface area contributed by atoms with Crippen LogP contribution >= 0.6 is 0 Å². The van der Waals surface area contributed by atoms with Crippen molar-refractivity contribution in [1.82, 2.24) is 14.4 Å². The Morgan fingerprint density at radius 3 is 2.25 bits per heavy atom. The first-order chi connectivity index (χ1) is 13.7. The Morgan fingerprint density at radius 2 is 1.61 bits per heavy atom. The molecule has 28 heavy (non-hydrogen) atoms. The number of anilines is 2. The smallest absolute Gasteiger partial charge is 0.203 e. The average molecular weight is 376 g/mol. The highest BCUT2D eigenvalue weighted by atomic mass is 16.5. The molecule has 0 amide bonds. The molecule has 0 saturated heterocycles. The first-order valence-electron chi connectivity index (χ1n) is 8.69. The van der Waals surface area contributed by atoms with Gasteiger partial charge in [0.05, 0.1) is 33.2 Å². The highest BCUT2D eigenvalue weighted by Crippen LogP contribution is 2.41. The molecular weight excluding hydrogens is 356 g/mol. The molecule has 2 aromatic heterocycles. The number of ether oxygens (including phenoxy) is 3. The molecule has 0 unspecified atom stereocenters. The Morgan fingerprint density at radius 1 is 0.893 bits per heavy atom. The zero-order chi connectivity index (χ0) is 19.5. The summed E-state index contributed by atoms with van der Waals surface area (Å²) in [6.45, 7) is 0. The van der Waals surface area contributed by atoms with Crippen LogP contribution < -0.4 is 19.5 Å². The second kappa shape index (κ2) is 7.48. The average Bonchev–Trinajstić information content (AvgIpc) is 3.18. The van der Waals surface area contributed by atoms with Crippen LogP contribution in [0.3, 0.4) is 0 Å². The molecule has 4 rings (SSSR count). The van der Waals surface area contributed by atoms with E-state index in [1.54, 1.807) is 33.7 Å². The van der Waals surface area contributed by atoms with Gasteiger partial charge in [0.2, 0.25) is 5.75 Å². The summed E-state index contributed by atoms with van der Waals surface area (Å²) in [5.74, 6) is 2.40. The second-order valence-electron chi connectivity index (χ2n) is 6.02. The van der Waals surface area contributed by atoms with Crippen LogP contribution in [0.1, 0.15) is 0 Å². The van der Waals surface area contributed by atoms with Crippen molar-refractivity contribution in [3.8, 4) is 28.5 Å². The van der Waals surface area contributed by atoms with Gasteiger partial charge in [-0.3, -0.25) is 4.40 Å². The molecule has 2 heterocycles. The predicted octanol–water partition coefficient (Wildman–Crippen LogP) is 4.17. The van der Waals surface area contributed by atoms with Crippen LogP contribution in [0.4, 0.5) is 11.5 Å². The number of nitrogens with zero attached hydrogens (tertiary/aromatic N) is 3. The molecule has 0 aliphatic rings. The Kier molecular flexibility index (Phi) is 4.72. The Labute approximate surface area is 162 Å². The lowest BCUT2D eigenvalue weighted by molar-refractivity contribution is 0.324. The van der Waals surface area contributed by atoms with E-state index in [1.165, 1.54) is 0 Å². The summed E-state index contributed by atoms with van der Waals surface area (Å²) in [7, 11) is 4.78. The molecule has 7 nitrogen and oxygen atoms in total. The summed E-state index contributed by atoms with van der Waals surface area (Å²) in [6.07, 6.45) is 5.41. The molecule has 142 valence electrons. The Hall–Kier alpha value is -3.74. The van der Waals surface area contributed by atoms with Crippen LogP contribution in [0, 0.1) is 0 Å². The largest absolute Gasteiger partial charge is 0.493 e. The van der Waals surface area contributed by atoms with Crippen LogP contribution in [0.5, 0.6) is 17.2 Å². The van der Waals surface area contributed by atoms with Crippen LogP contribution in [-0.4, -0.2) is 35.7 Å². The summed E-state index contributed by atoms with van der Waals surface area (Å²) in [6, 6.07) is 13.7. The van der Waals surface area contributed by atoms with E-state index in [0.717, 1.165) is 22.6 Å². The molecule has 7 heteroatoms. The van der Waals surface area contributed by atoms with Gasteiger partial charge in [-0.1, -0.05) is 18.2 Å². The third-order valence-corrected chi connectivity index (χ3v) is 4.43. The molecule has 1 N–H and O–H groups in total. The first-order valence-corrected chi connectivity index (χ1v) is 8.69. The van der Waals surface area contributed by atoms with E-state index in [1.807, 2.05) is 53.1 Å². The molecule has 0 bridgehead atoms. The van der Waals surface area contributed by atoms with Gasteiger partial charge in [0.15, 0.2) is 23.0 Å². The summed E-state index contributed by atoms with van der Waals surface area (Å²) in [4.78, 5) is 9.01. The van der Waals surface area contributed by atoms with Gasteiger partial charge >= 0.3 is 0 Å². The normalized spacial score (nSPS) is 10.7. The van der Waals surface area contributed by atoms with E-state index in [0.29, 0.717) is 23.1 Å². The topological polar surface area (TPSA) is 69.9 Å². The van der Waals surface area contributed by atoms with Crippen LogP contribution in [-0.2, 0) is 0 Å². The minimum absolute atomic E-state index is 0.552. The van der Waals surface area contributed by atoms with Gasteiger partial charge in [-0.15, -0.1) is 0 Å². The minimum atomic E-state index is 0.552. The van der Waals surface area contributed by atoms with Crippen LogP contribution in [0.15, 0.2) is 61.1 Å². The summed E-state index contributed by atoms with van der Waals surface area (Å²) < 4.78 is 18.3. The number of rotatable bonds is 6. The standard InChI is InChI=1S/C21H20N4O3/c1-26-17-11-14(12-18(27-2)19(17)28-3)16-13-23-21-20(22-9-10-25(16)21)24-15-7-5-4-6-8-15/h4-13H,1-3H3,(H,22,24). The van der Waals surface area contributed by atoms with Gasteiger partial charge < -0.3 is 19.5 Å². The summed E-state index contributed by atoms with van der Waals surface area (Å²) in [5.41, 5.74) is 3.43. The highest BCUT2D eigenvalue weighted by Gasteiger charge is 2.17. The maximum absolute atomic E-state index is 5.47. The predicted molar refractivity (Wildman–Crippen MR) is 108 cm³/mol. The van der Waals surface area contributed by atoms with E-state index in [2.05, 4.69) is 15.3 Å². The maximum Gasteiger partial charge on any atom is 0.203 e. The number of fused-ring (bicyclic) bond motifs is 1. The van der Waals surface area contributed by atoms with Crippen molar-refractivity contribution in [3.63, 3.8) is 0 Å². The quantitative estimate of drug-likeness (QED) is 0.545. The zero-order valence-electron chi connectivity index (χ0n) is 15.8. The minimum Gasteiger partial charge on any atom is -0.493 e. The molecule has 0 aliphatic heterocycles. The molecule has 0 atom stereocenters. The van der Waals surface area contributed by atoms with E-state index in [-0.39, 0.29) is 0 Å². The fourth-order valence-electron chi connectivity index (χ4n) is 3.11. The van der Waals surface area contributed by atoms with Gasteiger partial charge in [0.25, 0.3) is 0 Å². The van der Waals surface area contributed by atoms with Crippen molar-refractivity contribution >= 4 is 17.2 Å². The molecule has 0 saturated carbocycles. The number of imidazole rings is 1. The van der Waals surface area contributed by atoms with Gasteiger partial charge in [-0.2, -0.15) is 0 Å². The molecule has 0 radical (unpaired) electrons. The Balaban J connectivity index is 1.82. The molecular formula is C21H20N4O3. The Bertz CT molecular complexity index is 1080. The van der Waals surface area contributed by atoms with Crippen molar-refractivity contribution in [2.24, 2.45) is 0 Å². The van der Waals surface area contributed by atoms with Gasteiger partial charge in [0, 0.05) is 23.6 Å². The fraction of sp³-hybridized carbons (Fsp3) is 0.143. The van der Waals surface area contributed by atoms with E-state index < -0.39 is 0 Å². The molecule has 2 aromatic carbocycles. The van der Waals surface area contributed by atoms with Crippen molar-refractivity contribution in [2.45, 2.75) is 0 Å². The number of nitrogens with one attached hydrogen (secondary N) is 1. The maximum atomic E-state index is 5.47. The first kappa shape index (κ1) is 17.7. The van der Waals surface area contributed by atoms with Crippen molar-refractivity contribution in [3.05, 3.63) is 61.1 Å². The zero-order valence-corrected chi connectivity index (χ0v) is 15.8. The lowest BCUT2D eigenvalue weighted by Crippen LogP contribution is -1.99. The third-order valence-electron chi connectivity index (χ3n) is 4.43. The van der Waals surface area contributed by atoms with E-state index in [9.17, 15) is 0 Å².